The van der Waals surface area contributed by atoms with E-state index in [0.29, 0.717) is 12.5 Å². The van der Waals surface area contributed by atoms with E-state index in [9.17, 15) is 0 Å². The molecule has 6 aromatic rings. The van der Waals surface area contributed by atoms with E-state index < -0.39 is 0 Å². The minimum absolute atomic E-state index is 0. The van der Waals surface area contributed by atoms with Gasteiger partial charge in [-0.05, 0) is 51.5 Å². The number of fused-ring (bicyclic) bond motifs is 3. The number of aromatic nitrogens is 2. The average Bonchev–Trinajstić information content (AvgIpc) is 3.14. The number of benzene rings is 4. The molecule has 0 aliphatic carbocycles. The fourth-order valence-electron chi connectivity index (χ4n) is 4.36. The van der Waals surface area contributed by atoms with Crippen LogP contribution in [0.25, 0.3) is 49.2 Å². The van der Waals surface area contributed by atoms with Crippen molar-refractivity contribution in [3.05, 3.63) is 96.9 Å². The molecule has 4 nitrogen and oxygen atoms in total. The summed E-state index contributed by atoms with van der Waals surface area (Å²) in [4.78, 5) is 13.9. The molecular formula is C27H19IrN2O2-. The fraction of sp³-hybridized carbons (Fsp3) is 0.0370. The molecule has 4 aromatic carbocycles. The average molecular weight is 596 g/mol. The smallest absolute Gasteiger partial charge is 0.145 e. The molecule has 0 aliphatic rings. The number of para-hydroxylation sites is 1. The molecule has 159 valence electrons. The van der Waals surface area contributed by atoms with Gasteiger partial charge in [-0.15, -0.1) is 23.1 Å². The number of hydrogen-bond donors (Lipinski definition) is 1. The molecule has 0 aliphatic heterocycles. The monoisotopic (exact) mass is 596 g/mol. The van der Waals surface area contributed by atoms with Gasteiger partial charge in [-0.25, -0.2) is 0 Å². The van der Waals surface area contributed by atoms with Gasteiger partial charge in [-0.3, -0.25) is 4.79 Å². The summed E-state index contributed by atoms with van der Waals surface area (Å²) in [7, 11) is 0. The number of rotatable bonds is 2. The van der Waals surface area contributed by atoms with Crippen LogP contribution in [0.1, 0.15) is 5.56 Å². The van der Waals surface area contributed by atoms with Crippen molar-refractivity contribution < 1.29 is 30.0 Å². The van der Waals surface area contributed by atoms with E-state index in [4.69, 9.17) is 14.9 Å². The predicted octanol–water partition coefficient (Wildman–Crippen LogP) is 6.29. The van der Waals surface area contributed by atoms with Crippen LogP contribution in [0, 0.1) is 13.0 Å². The predicted molar refractivity (Wildman–Crippen MR) is 126 cm³/mol. The van der Waals surface area contributed by atoms with E-state index in [2.05, 4.69) is 78.2 Å². The molecule has 0 amide bonds. The second kappa shape index (κ2) is 8.91. The molecular weight excluding hydrogens is 577 g/mol. The van der Waals surface area contributed by atoms with Gasteiger partial charge in [-0.2, -0.15) is 0 Å². The molecule has 2 heterocycles. The standard InChI is InChI=1S/C24H15N2.C3H4O2.Ir/c1-15-13-19-23-21(14-15)26(16-7-3-2-4-8-16)20-11-5-9-17(22(20)23)18-10-6-12-25-24(18)19;4-2-1-3-5;/h2-12,14H,1H3;1-4H;/q-1;;/b;2-1-;. The first-order chi connectivity index (χ1) is 15.2. The van der Waals surface area contributed by atoms with Crippen molar-refractivity contribution in [2.45, 2.75) is 6.92 Å². The first-order valence-corrected chi connectivity index (χ1v) is 10.0. The maximum absolute atomic E-state index is 9.16. The normalized spacial score (nSPS) is 11.2. The van der Waals surface area contributed by atoms with Crippen molar-refractivity contribution in [3.63, 3.8) is 0 Å². The van der Waals surface area contributed by atoms with Gasteiger partial charge in [0.05, 0.1) is 6.26 Å². The summed E-state index contributed by atoms with van der Waals surface area (Å²) < 4.78 is 2.37. The van der Waals surface area contributed by atoms with Gasteiger partial charge in [-0.1, -0.05) is 48.7 Å². The van der Waals surface area contributed by atoms with Crippen LogP contribution in [0.3, 0.4) is 0 Å². The van der Waals surface area contributed by atoms with Gasteiger partial charge in [0.1, 0.15) is 6.29 Å². The van der Waals surface area contributed by atoms with Crippen molar-refractivity contribution in [1.29, 1.82) is 0 Å². The number of carbonyl (C=O) groups is 1. The van der Waals surface area contributed by atoms with Crippen molar-refractivity contribution in [3.8, 4) is 5.69 Å². The summed E-state index contributed by atoms with van der Waals surface area (Å²) in [6.45, 7) is 2.11. The topological polar surface area (TPSA) is 55.1 Å². The van der Waals surface area contributed by atoms with E-state index in [0.717, 1.165) is 22.5 Å². The number of nitrogens with zero attached hydrogens (tertiary/aromatic N) is 2. The number of aldehydes is 1. The maximum Gasteiger partial charge on any atom is 0.145 e. The molecule has 5 heteroatoms. The van der Waals surface area contributed by atoms with Gasteiger partial charge in [0.15, 0.2) is 0 Å². The zero-order valence-corrected chi connectivity index (χ0v) is 19.6. The largest absolute Gasteiger partial charge is 0.515 e. The first kappa shape index (κ1) is 21.7. The molecule has 32 heavy (non-hydrogen) atoms. The quantitative estimate of drug-likeness (QED) is 0.0843. The van der Waals surface area contributed by atoms with Crippen LogP contribution in [-0.2, 0) is 24.9 Å². The zero-order valence-electron chi connectivity index (χ0n) is 17.2. The SMILES string of the molecule is Cc1[c-]c2c3ncccc3c3cccc4c3c2c(c1)n4-c1ccccc1.O=C/C=C\O.[Ir]. The summed E-state index contributed by atoms with van der Waals surface area (Å²) in [5.74, 6) is 0. The van der Waals surface area contributed by atoms with Crippen molar-refractivity contribution >= 4 is 49.8 Å². The van der Waals surface area contributed by atoms with Crippen LogP contribution in [-0.4, -0.2) is 20.9 Å². The minimum Gasteiger partial charge on any atom is -0.515 e. The summed E-state index contributed by atoms with van der Waals surface area (Å²) in [5, 5.41) is 13.8. The molecule has 0 bridgehead atoms. The van der Waals surface area contributed by atoms with Gasteiger partial charge in [0.2, 0.25) is 0 Å². The van der Waals surface area contributed by atoms with Crippen LogP contribution in [0.4, 0.5) is 0 Å². The Hall–Kier alpha value is -3.53. The minimum atomic E-state index is 0. The van der Waals surface area contributed by atoms with Crippen LogP contribution in [0.15, 0.2) is 85.3 Å². The Labute approximate surface area is 198 Å². The zero-order chi connectivity index (χ0) is 21.4. The van der Waals surface area contributed by atoms with Crippen molar-refractivity contribution in [1.82, 2.24) is 9.55 Å². The number of pyridine rings is 1. The first-order valence-electron chi connectivity index (χ1n) is 10.0. The number of carbonyl (C=O) groups excluding carboxylic acids is 1. The number of hydrogen-bond acceptors (Lipinski definition) is 3. The molecule has 0 saturated carbocycles. The van der Waals surface area contributed by atoms with E-state index in [1.165, 1.54) is 38.3 Å². The summed E-state index contributed by atoms with van der Waals surface area (Å²) in [6, 6.07) is 27.2. The molecule has 6 rings (SSSR count). The second-order valence-corrected chi connectivity index (χ2v) is 7.34. The number of aliphatic hydroxyl groups excluding tert-OH is 1. The molecule has 0 spiro atoms. The Morgan fingerprint density at radius 1 is 0.938 bits per heavy atom. The molecule has 0 atom stereocenters. The van der Waals surface area contributed by atoms with E-state index in [1.807, 2.05) is 12.3 Å². The fourth-order valence-corrected chi connectivity index (χ4v) is 4.36. The van der Waals surface area contributed by atoms with Gasteiger partial charge in [0.25, 0.3) is 0 Å². The van der Waals surface area contributed by atoms with Crippen LogP contribution >= 0.6 is 0 Å². The van der Waals surface area contributed by atoms with Crippen LogP contribution < -0.4 is 0 Å². The third-order valence-corrected chi connectivity index (χ3v) is 5.47. The third kappa shape index (κ3) is 3.36. The van der Waals surface area contributed by atoms with Crippen molar-refractivity contribution in [2.75, 3.05) is 0 Å². The molecule has 1 radical (unpaired) electrons. The number of aryl methyl sites for hydroxylation is 1. The third-order valence-electron chi connectivity index (χ3n) is 5.47. The Bertz CT molecular complexity index is 1570. The Morgan fingerprint density at radius 2 is 1.72 bits per heavy atom. The summed E-state index contributed by atoms with van der Waals surface area (Å²) in [6.07, 6.45) is 4.06. The van der Waals surface area contributed by atoms with Gasteiger partial charge < -0.3 is 14.7 Å². The number of aliphatic hydroxyl groups is 1. The molecule has 1 N–H and O–H groups in total. The molecule has 2 aromatic heterocycles. The Balaban J connectivity index is 0.000000372. The van der Waals surface area contributed by atoms with E-state index in [-0.39, 0.29) is 20.1 Å². The number of allylic oxidation sites excluding steroid dienone is 1. The van der Waals surface area contributed by atoms with Crippen molar-refractivity contribution in [2.24, 2.45) is 0 Å². The molecule has 0 saturated heterocycles. The maximum atomic E-state index is 9.16. The van der Waals surface area contributed by atoms with E-state index in [1.54, 1.807) is 0 Å². The Morgan fingerprint density at radius 3 is 2.44 bits per heavy atom. The Kier molecular flexibility index (Phi) is 6.04. The summed E-state index contributed by atoms with van der Waals surface area (Å²) >= 11 is 0. The van der Waals surface area contributed by atoms with Crippen LogP contribution in [0.2, 0.25) is 0 Å². The second-order valence-electron chi connectivity index (χ2n) is 7.34. The van der Waals surface area contributed by atoms with Gasteiger partial charge in [0, 0.05) is 43.6 Å². The van der Waals surface area contributed by atoms with E-state index >= 15 is 0 Å². The van der Waals surface area contributed by atoms with Crippen LogP contribution in [0.5, 0.6) is 0 Å². The van der Waals surface area contributed by atoms with Gasteiger partial charge >= 0.3 is 0 Å². The molecule has 0 unspecified atom stereocenters. The summed E-state index contributed by atoms with van der Waals surface area (Å²) in [5.41, 5.74) is 5.80. The molecule has 0 fully saturated rings.